The van der Waals surface area contributed by atoms with Gasteiger partial charge in [-0.1, -0.05) is 72.8 Å². The van der Waals surface area contributed by atoms with Crippen LogP contribution in [0.2, 0.25) is 0 Å². The van der Waals surface area contributed by atoms with Crippen LogP contribution in [-0.2, 0) is 16.1 Å². The molecular formula is C23H20O4. The van der Waals surface area contributed by atoms with E-state index in [0.29, 0.717) is 23.3 Å². The van der Waals surface area contributed by atoms with Gasteiger partial charge in [-0.05, 0) is 17.7 Å². The first kappa shape index (κ1) is 18.5. The Morgan fingerprint density at radius 2 is 1.44 bits per heavy atom. The molecule has 3 rings (SSSR count). The van der Waals surface area contributed by atoms with Crippen LogP contribution in [0.4, 0.5) is 0 Å². The van der Waals surface area contributed by atoms with Crippen molar-refractivity contribution in [2.24, 2.45) is 0 Å². The highest BCUT2D eigenvalue weighted by Crippen LogP contribution is 2.24. The van der Waals surface area contributed by atoms with Crippen LogP contribution in [-0.4, -0.2) is 18.9 Å². The third-order valence-corrected chi connectivity index (χ3v) is 4.10. The Morgan fingerprint density at radius 1 is 0.815 bits per heavy atom. The van der Waals surface area contributed by atoms with Gasteiger partial charge in [0.2, 0.25) is 5.78 Å². The number of esters is 1. The minimum Gasteiger partial charge on any atom is -0.445 e. The average molecular weight is 360 g/mol. The molecule has 0 N–H and O–H groups in total. The molecule has 136 valence electrons. The number of carbonyl (C=O) groups is 2. The molecule has 0 aromatic heterocycles. The zero-order chi connectivity index (χ0) is 19.1. The lowest BCUT2D eigenvalue weighted by Crippen LogP contribution is -2.20. The molecule has 0 fully saturated rings. The lowest BCUT2D eigenvalue weighted by molar-refractivity contribution is 0.0280. The van der Waals surface area contributed by atoms with Gasteiger partial charge in [-0.25, -0.2) is 4.79 Å². The fraction of sp³-hybridized carbons (Fsp3) is 0.130. The van der Waals surface area contributed by atoms with Gasteiger partial charge in [0.15, 0.2) is 6.10 Å². The maximum atomic E-state index is 13.0. The van der Waals surface area contributed by atoms with Crippen molar-refractivity contribution in [3.05, 3.63) is 107 Å². The second kappa shape index (κ2) is 8.92. The third kappa shape index (κ3) is 4.68. The fourth-order valence-corrected chi connectivity index (χ4v) is 2.78. The summed E-state index contributed by atoms with van der Waals surface area (Å²) in [6.07, 6.45) is -1.01. The van der Waals surface area contributed by atoms with Gasteiger partial charge in [-0.15, -0.1) is 0 Å². The molecular weight excluding hydrogens is 340 g/mol. The van der Waals surface area contributed by atoms with E-state index in [9.17, 15) is 9.59 Å². The standard InChI is InChI=1S/C23H20O4/c1-26-16-17-9-8-14-20(15-17)23(25)27-22(19-12-6-3-7-13-19)21(24)18-10-4-2-5-11-18/h2-15,22H,16H2,1H3. The molecule has 0 aliphatic rings. The van der Waals surface area contributed by atoms with Crippen LogP contribution >= 0.6 is 0 Å². The zero-order valence-corrected chi connectivity index (χ0v) is 15.0. The smallest absolute Gasteiger partial charge is 0.339 e. The number of hydrogen-bond donors (Lipinski definition) is 0. The van der Waals surface area contributed by atoms with E-state index >= 15 is 0 Å². The number of ketones is 1. The van der Waals surface area contributed by atoms with Gasteiger partial charge < -0.3 is 9.47 Å². The van der Waals surface area contributed by atoms with Crippen LogP contribution in [0.15, 0.2) is 84.9 Å². The van der Waals surface area contributed by atoms with Gasteiger partial charge in [-0.2, -0.15) is 0 Å². The first-order valence-electron chi connectivity index (χ1n) is 8.62. The van der Waals surface area contributed by atoms with Gasteiger partial charge in [0.25, 0.3) is 0 Å². The van der Waals surface area contributed by atoms with E-state index in [1.54, 1.807) is 61.7 Å². The monoisotopic (exact) mass is 360 g/mol. The number of ether oxygens (including phenoxy) is 2. The summed E-state index contributed by atoms with van der Waals surface area (Å²) in [4.78, 5) is 25.7. The van der Waals surface area contributed by atoms with Crippen molar-refractivity contribution in [2.75, 3.05) is 7.11 Å². The summed E-state index contributed by atoms with van der Waals surface area (Å²) in [7, 11) is 1.59. The van der Waals surface area contributed by atoms with E-state index in [1.807, 2.05) is 30.3 Å². The molecule has 27 heavy (non-hydrogen) atoms. The van der Waals surface area contributed by atoms with Gasteiger partial charge in [-0.3, -0.25) is 4.79 Å². The van der Waals surface area contributed by atoms with E-state index in [1.165, 1.54) is 0 Å². The Bertz CT molecular complexity index is 904. The van der Waals surface area contributed by atoms with Crippen LogP contribution < -0.4 is 0 Å². The highest BCUT2D eigenvalue weighted by atomic mass is 16.5. The summed E-state index contributed by atoms with van der Waals surface area (Å²) in [5.74, 6) is -0.811. The maximum Gasteiger partial charge on any atom is 0.339 e. The first-order valence-corrected chi connectivity index (χ1v) is 8.62. The largest absolute Gasteiger partial charge is 0.445 e. The summed E-state index contributed by atoms with van der Waals surface area (Å²) >= 11 is 0. The van der Waals surface area contributed by atoms with Crippen LogP contribution in [0.5, 0.6) is 0 Å². The highest BCUT2D eigenvalue weighted by molar-refractivity contribution is 6.02. The van der Waals surface area contributed by atoms with E-state index in [2.05, 4.69) is 0 Å². The molecule has 0 heterocycles. The zero-order valence-electron chi connectivity index (χ0n) is 15.0. The number of methoxy groups -OCH3 is 1. The summed E-state index contributed by atoms with van der Waals surface area (Å²) in [5, 5.41) is 0. The van der Waals surface area contributed by atoms with Crippen LogP contribution in [0, 0.1) is 0 Å². The second-order valence-corrected chi connectivity index (χ2v) is 6.06. The number of carbonyl (C=O) groups excluding carboxylic acids is 2. The molecule has 3 aromatic carbocycles. The first-order chi connectivity index (χ1) is 13.2. The van der Waals surface area contributed by atoms with Gasteiger partial charge in [0, 0.05) is 18.2 Å². The lowest BCUT2D eigenvalue weighted by atomic mass is 9.99. The van der Waals surface area contributed by atoms with Gasteiger partial charge >= 0.3 is 5.97 Å². The number of rotatable bonds is 7. The van der Waals surface area contributed by atoms with E-state index in [4.69, 9.17) is 9.47 Å². The Kier molecular flexibility index (Phi) is 6.13. The quantitative estimate of drug-likeness (QED) is 0.456. The number of benzene rings is 3. The predicted octanol–water partition coefficient (Wildman–Crippen LogP) is 4.61. The Balaban J connectivity index is 1.89. The normalized spacial score (nSPS) is 11.6. The fourth-order valence-electron chi connectivity index (χ4n) is 2.78. The van der Waals surface area contributed by atoms with Crippen molar-refractivity contribution in [1.82, 2.24) is 0 Å². The Hall–Kier alpha value is -3.24. The number of hydrogen-bond acceptors (Lipinski definition) is 4. The second-order valence-electron chi connectivity index (χ2n) is 6.06. The molecule has 4 heteroatoms. The molecule has 0 saturated carbocycles. The molecule has 3 aromatic rings. The van der Waals surface area contributed by atoms with Crippen LogP contribution in [0.25, 0.3) is 0 Å². The highest BCUT2D eigenvalue weighted by Gasteiger charge is 2.26. The van der Waals surface area contributed by atoms with Crippen LogP contribution in [0.3, 0.4) is 0 Å². The van der Waals surface area contributed by atoms with Crippen molar-refractivity contribution in [3.8, 4) is 0 Å². The predicted molar refractivity (Wildman–Crippen MR) is 103 cm³/mol. The van der Waals surface area contributed by atoms with Gasteiger partial charge in [0.05, 0.1) is 12.2 Å². The molecule has 0 amide bonds. The van der Waals surface area contributed by atoms with E-state index < -0.39 is 12.1 Å². The van der Waals surface area contributed by atoms with Crippen molar-refractivity contribution >= 4 is 11.8 Å². The third-order valence-electron chi connectivity index (χ3n) is 4.10. The topological polar surface area (TPSA) is 52.6 Å². The van der Waals surface area contributed by atoms with E-state index in [-0.39, 0.29) is 5.78 Å². The van der Waals surface area contributed by atoms with Crippen molar-refractivity contribution < 1.29 is 19.1 Å². The molecule has 0 radical (unpaired) electrons. The van der Waals surface area contributed by atoms with Crippen molar-refractivity contribution in [2.45, 2.75) is 12.7 Å². The maximum absolute atomic E-state index is 13.0. The molecule has 0 spiro atoms. The molecule has 1 unspecified atom stereocenters. The molecule has 0 aliphatic carbocycles. The SMILES string of the molecule is COCc1cccc(C(=O)OC(C(=O)c2ccccc2)c2ccccc2)c1. The lowest BCUT2D eigenvalue weighted by Gasteiger charge is -2.18. The summed E-state index contributed by atoms with van der Waals surface area (Å²) in [6.45, 7) is 0.395. The number of Topliss-reactive ketones (excluding diaryl/α,β-unsaturated/α-hetero) is 1. The minimum absolute atomic E-state index is 0.261. The minimum atomic E-state index is -1.01. The van der Waals surface area contributed by atoms with E-state index in [0.717, 1.165) is 5.56 Å². The van der Waals surface area contributed by atoms with Crippen LogP contribution in [0.1, 0.15) is 37.9 Å². The average Bonchev–Trinajstić information content (AvgIpc) is 2.73. The van der Waals surface area contributed by atoms with Gasteiger partial charge in [0.1, 0.15) is 0 Å². The van der Waals surface area contributed by atoms with Crippen molar-refractivity contribution in [1.29, 1.82) is 0 Å². The molecule has 1 atom stereocenters. The molecule has 0 aliphatic heterocycles. The molecule has 0 bridgehead atoms. The molecule has 4 nitrogen and oxygen atoms in total. The summed E-state index contributed by atoms with van der Waals surface area (Å²) < 4.78 is 10.7. The van der Waals surface area contributed by atoms with Crippen molar-refractivity contribution in [3.63, 3.8) is 0 Å². The Labute approximate surface area is 158 Å². The molecule has 0 saturated heterocycles. The summed E-state index contributed by atoms with van der Waals surface area (Å²) in [5.41, 5.74) is 2.36. The Morgan fingerprint density at radius 3 is 2.11 bits per heavy atom. The summed E-state index contributed by atoms with van der Waals surface area (Å²) in [6, 6.07) is 24.9.